The van der Waals surface area contributed by atoms with Gasteiger partial charge >= 0.3 is 5.97 Å². The monoisotopic (exact) mass is 238 g/mol. The molecule has 0 spiro atoms. The number of rotatable bonds is 3. The number of aliphatic hydroxyl groups excluding tert-OH is 1. The van der Waals surface area contributed by atoms with Gasteiger partial charge in [0, 0.05) is 20.3 Å². The van der Waals surface area contributed by atoms with Crippen molar-refractivity contribution in [3.63, 3.8) is 0 Å². The van der Waals surface area contributed by atoms with Crippen LogP contribution in [0.25, 0.3) is 0 Å². The van der Waals surface area contributed by atoms with Gasteiger partial charge in [0.15, 0.2) is 0 Å². The summed E-state index contributed by atoms with van der Waals surface area (Å²) in [5, 5.41) is 9.85. The molecule has 0 radical (unpaired) electrons. The molecule has 1 aliphatic heterocycles. The predicted octanol–water partition coefficient (Wildman–Crippen LogP) is 1.90. The fourth-order valence-electron chi connectivity index (χ4n) is 1.64. The van der Waals surface area contributed by atoms with Crippen LogP contribution in [0.2, 0.25) is 0 Å². The van der Waals surface area contributed by atoms with Gasteiger partial charge < -0.3 is 19.0 Å². The van der Waals surface area contributed by atoms with Crippen LogP contribution in [0.4, 0.5) is 0 Å². The fraction of sp³-hybridized carbons (Fsp3) is 0.417. The number of cyclic esters (lactones) is 1. The summed E-state index contributed by atoms with van der Waals surface area (Å²) < 4.78 is 15.4. The summed E-state index contributed by atoms with van der Waals surface area (Å²) in [6.45, 7) is 3.27. The molecule has 1 aromatic rings. The number of carbonyl (C=O) groups excluding carboxylic acids is 1. The predicted molar refractivity (Wildman–Crippen MR) is 57.6 cm³/mol. The summed E-state index contributed by atoms with van der Waals surface area (Å²) >= 11 is 0. The van der Waals surface area contributed by atoms with E-state index in [0.29, 0.717) is 11.5 Å². The molecule has 0 saturated heterocycles. The van der Waals surface area contributed by atoms with E-state index in [1.807, 2.05) is 0 Å². The molecule has 2 rings (SSSR count). The Bertz CT molecular complexity index is 430. The molecule has 0 saturated carbocycles. The van der Waals surface area contributed by atoms with Crippen molar-refractivity contribution in [3.05, 3.63) is 36.0 Å². The van der Waals surface area contributed by atoms with E-state index >= 15 is 0 Å². The molecule has 0 aliphatic carbocycles. The molecule has 17 heavy (non-hydrogen) atoms. The maximum atomic E-state index is 11.3. The number of aliphatic hydroxyl groups is 1. The smallest absolute Gasteiger partial charge is 0.337 e. The van der Waals surface area contributed by atoms with Crippen molar-refractivity contribution in [1.82, 2.24) is 0 Å². The SMILES string of the molecule is CC1(C)OC(=O)C=C(CC(O)c2ccco2)O1. The van der Waals surface area contributed by atoms with Crippen LogP contribution in [0, 0.1) is 0 Å². The van der Waals surface area contributed by atoms with Crippen molar-refractivity contribution in [3.8, 4) is 0 Å². The van der Waals surface area contributed by atoms with Crippen molar-refractivity contribution in [1.29, 1.82) is 0 Å². The summed E-state index contributed by atoms with van der Waals surface area (Å²) in [4.78, 5) is 11.3. The second-order valence-corrected chi connectivity index (χ2v) is 4.27. The quantitative estimate of drug-likeness (QED) is 0.814. The molecule has 1 atom stereocenters. The molecular formula is C12H14O5. The highest BCUT2D eigenvalue weighted by atomic mass is 16.7. The topological polar surface area (TPSA) is 68.9 Å². The standard InChI is InChI=1S/C12H14O5/c1-12(2)16-8(7-11(14)17-12)6-9(13)10-4-3-5-15-10/h3-5,7,9,13H,6H2,1-2H3. The number of hydrogen-bond acceptors (Lipinski definition) is 5. The van der Waals surface area contributed by atoms with Crippen LogP contribution < -0.4 is 0 Å². The number of hydrogen-bond donors (Lipinski definition) is 1. The highest BCUT2D eigenvalue weighted by molar-refractivity contribution is 5.83. The average Bonchev–Trinajstić information content (AvgIpc) is 2.65. The minimum atomic E-state index is -0.996. The van der Waals surface area contributed by atoms with Crippen LogP contribution in [0.1, 0.15) is 32.1 Å². The molecule has 1 aliphatic rings. The third-order valence-electron chi connectivity index (χ3n) is 2.27. The van der Waals surface area contributed by atoms with Crippen LogP contribution in [0.15, 0.2) is 34.6 Å². The molecule has 0 aromatic carbocycles. The molecule has 0 amide bonds. The summed E-state index contributed by atoms with van der Waals surface area (Å²) in [6.07, 6.45) is 2.05. The summed E-state index contributed by atoms with van der Waals surface area (Å²) in [7, 11) is 0. The Hall–Kier alpha value is -1.75. The van der Waals surface area contributed by atoms with Gasteiger partial charge in [0.1, 0.15) is 17.6 Å². The highest BCUT2D eigenvalue weighted by Gasteiger charge is 2.31. The molecule has 2 heterocycles. The molecule has 0 bridgehead atoms. The van der Waals surface area contributed by atoms with Gasteiger partial charge in [-0.25, -0.2) is 4.79 Å². The van der Waals surface area contributed by atoms with E-state index in [1.165, 1.54) is 12.3 Å². The van der Waals surface area contributed by atoms with Gasteiger partial charge in [-0.05, 0) is 12.1 Å². The Balaban J connectivity index is 2.06. The number of furan rings is 1. The van der Waals surface area contributed by atoms with Crippen LogP contribution in [0.5, 0.6) is 0 Å². The molecule has 0 fully saturated rings. The first-order valence-corrected chi connectivity index (χ1v) is 5.30. The van der Waals surface area contributed by atoms with E-state index in [9.17, 15) is 9.90 Å². The second-order valence-electron chi connectivity index (χ2n) is 4.27. The molecule has 5 nitrogen and oxygen atoms in total. The van der Waals surface area contributed by atoms with E-state index in [2.05, 4.69) is 0 Å². The number of carbonyl (C=O) groups is 1. The van der Waals surface area contributed by atoms with E-state index in [-0.39, 0.29) is 6.42 Å². The first kappa shape index (κ1) is 11.7. The molecule has 1 unspecified atom stereocenters. The maximum absolute atomic E-state index is 11.3. The third kappa shape index (κ3) is 2.88. The minimum absolute atomic E-state index is 0.173. The molecule has 1 aromatic heterocycles. The Labute approximate surface area is 98.6 Å². The summed E-state index contributed by atoms with van der Waals surface area (Å²) in [5.41, 5.74) is 0. The van der Waals surface area contributed by atoms with Gasteiger partial charge in [-0.15, -0.1) is 0 Å². The van der Waals surface area contributed by atoms with Gasteiger partial charge in [-0.3, -0.25) is 0 Å². The molecular weight excluding hydrogens is 224 g/mol. The van der Waals surface area contributed by atoms with E-state index in [4.69, 9.17) is 13.9 Å². The number of esters is 1. The first-order valence-electron chi connectivity index (χ1n) is 5.30. The Morgan fingerprint density at radius 1 is 1.41 bits per heavy atom. The van der Waals surface area contributed by atoms with E-state index in [0.717, 1.165) is 0 Å². The lowest BCUT2D eigenvalue weighted by Crippen LogP contribution is -2.34. The molecule has 1 N–H and O–H groups in total. The number of ether oxygens (including phenoxy) is 2. The zero-order valence-corrected chi connectivity index (χ0v) is 9.67. The highest BCUT2D eigenvalue weighted by Crippen LogP contribution is 2.28. The largest absolute Gasteiger partial charge is 0.467 e. The lowest BCUT2D eigenvalue weighted by atomic mass is 10.1. The zero-order chi connectivity index (χ0) is 12.5. The first-order chi connectivity index (χ1) is 7.96. The van der Waals surface area contributed by atoms with Crippen molar-refractivity contribution in [2.24, 2.45) is 0 Å². The average molecular weight is 238 g/mol. The summed E-state index contributed by atoms with van der Waals surface area (Å²) in [5.74, 6) is -0.645. The Morgan fingerprint density at radius 2 is 2.18 bits per heavy atom. The zero-order valence-electron chi connectivity index (χ0n) is 9.67. The minimum Gasteiger partial charge on any atom is -0.467 e. The molecule has 92 valence electrons. The lowest BCUT2D eigenvalue weighted by molar-refractivity contribution is -0.206. The Kier molecular flexibility index (Phi) is 2.93. The van der Waals surface area contributed by atoms with Crippen molar-refractivity contribution < 1.29 is 23.8 Å². The van der Waals surface area contributed by atoms with Gasteiger partial charge in [0.2, 0.25) is 5.79 Å². The van der Waals surface area contributed by atoms with E-state index in [1.54, 1.807) is 26.0 Å². The van der Waals surface area contributed by atoms with Crippen LogP contribution in [-0.4, -0.2) is 16.9 Å². The van der Waals surface area contributed by atoms with Gasteiger partial charge in [-0.1, -0.05) is 0 Å². The van der Waals surface area contributed by atoms with Crippen molar-refractivity contribution >= 4 is 5.97 Å². The fourth-order valence-corrected chi connectivity index (χ4v) is 1.64. The lowest BCUT2D eigenvalue weighted by Gasteiger charge is -2.31. The molecule has 5 heteroatoms. The van der Waals surface area contributed by atoms with Crippen molar-refractivity contribution in [2.75, 3.05) is 0 Å². The Morgan fingerprint density at radius 3 is 2.76 bits per heavy atom. The van der Waals surface area contributed by atoms with Crippen LogP contribution >= 0.6 is 0 Å². The normalized spacial score (nSPS) is 20.2. The van der Waals surface area contributed by atoms with E-state index < -0.39 is 17.9 Å². The van der Waals surface area contributed by atoms with Gasteiger partial charge in [0.25, 0.3) is 0 Å². The summed E-state index contributed by atoms with van der Waals surface area (Å²) in [6, 6.07) is 3.35. The third-order valence-corrected chi connectivity index (χ3v) is 2.27. The van der Waals surface area contributed by atoms with Crippen molar-refractivity contribution in [2.45, 2.75) is 32.2 Å². The van der Waals surface area contributed by atoms with Gasteiger partial charge in [-0.2, -0.15) is 0 Å². The van der Waals surface area contributed by atoms with Crippen LogP contribution in [-0.2, 0) is 14.3 Å². The van der Waals surface area contributed by atoms with Crippen LogP contribution in [0.3, 0.4) is 0 Å². The van der Waals surface area contributed by atoms with Gasteiger partial charge in [0.05, 0.1) is 12.3 Å². The maximum Gasteiger partial charge on any atom is 0.337 e. The second kappa shape index (κ2) is 4.25.